The maximum absolute atomic E-state index is 2.99. The van der Waals surface area contributed by atoms with E-state index in [1.54, 1.807) is 0 Å². The first-order chi connectivity index (χ1) is 6.97. The van der Waals surface area contributed by atoms with Gasteiger partial charge in [0.15, 0.2) is 0 Å². The van der Waals surface area contributed by atoms with Crippen LogP contribution in [0.4, 0.5) is 0 Å². The maximum Gasteiger partial charge on any atom is 4.00 e. The number of halogens is 2. The summed E-state index contributed by atoms with van der Waals surface area (Å²) >= 11 is 0. The van der Waals surface area contributed by atoms with Crippen LogP contribution >= 0.6 is 0 Å². The monoisotopic (exact) mass is 298 g/mol. The van der Waals surface area contributed by atoms with Crippen molar-refractivity contribution in [2.45, 2.75) is 6.42 Å². The minimum Gasteiger partial charge on any atom is -1.00 e. The van der Waals surface area contributed by atoms with Crippen molar-refractivity contribution < 1.29 is 46.5 Å². The van der Waals surface area contributed by atoms with Crippen molar-refractivity contribution in [3.05, 3.63) is 66.8 Å². The standard InChI is InChI=1S/C9H7.C5H5.2ClH.Ti/c1-2-5-9-7-3-6-8(9)4-1;1-2-4-5-3-1;;;/h1-7H;1-3H,4H2;2*1H;/q2*-1;;;+4/p-2. The fourth-order valence-electron chi connectivity index (χ4n) is 1.41. The summed E-state index contributed by atoms with van der Waals surface area (Å²) in [5, 5.41) is 2.66. The van der Waals surface area contributed by atoms with Gasteiger partial charge in [0.05, 0.1) is 0 Å². The Hall–Kier alpha value is -0.396. The largest absolute Gasteiger partial charge is 4.00 e. The Morgan fingerprint density at radius 1 is 1.06 bits per heavy atom. The van der Waals surface area contributed by atoms with E-state index in [-0.39, 0.29) is 46.5 Å². The van der Waals surface area contributed by atoms with Gasteiger partial charge in [-0.1, -0.05) is 6.07 Å². The van der Waals surface area contributed by atoms with Crippen LogP contribution in [0.25, 0.3) is 10.8 Å². The molecule has 0 heterocycles. The zero-order chi connectivity index (χ0) is 9.64. The van der Waals surface area contributed by atoms with E-state index in [9.17, 15) is 0 Å². The Balaban J connectivity index is 0. The van der Waals surface area contributed by atoms with E-state index >= 15 is 0 Å². The number of hydrogen-bond donors (Lipinski definition) is 0. The van der Waals surface area contributed by atoms with Gasteiger partial charge in [-0.05, 0) is 0 Å². The van der Waals surface area contributed by atoms with Crippen molar-refractivity contribution in [1.29, 1.82) is 0 Å². The third-order valence-corrected chi connectivity index (χ3v) is 2.13. The molecule has 0 amide bonds. The average molecular weight is 299 g/mol. The van der Waals surface area contributed by atoms with Crippen LogP contribution in [-0.4, -0.2) is 0 Å². The normalized spacial score (nSPS) is 10.6. The van der Waals surface area contributed by atoms with Gasteiger partial charge in [-0.3, -0.25) is 6.08 Å². The van der Waals surface area contributed by atoms with E-state index in [1.807, 2.05) is 12.2 Å². The molecule has 1 aliphatic carbocycles. The van der Waals surface area contributed by atoms with Gasteiger partial charge in [0.2, 0.25) is 0 Å². The van der Waals surface area contributed by atoms with Crippen LogP contribution < -0.4 is 24.8 Å². The van der Waals surface area contributed by atoms with Crippen LogP contribution in [0, 0.1) is 6.08 Å². The molecule has 17 heavy (non-hydrogen) atoms. The summed E-state index contributed by atoms with van der Waals surface area (Å²) in [5.41, 5.74) is 0. The Bertz CT molecular complexity index is 418. The van der Waals surface area contributed by atoms with E-state index in [0.29, 0.717) is 0 Å². The third-order valence-electron chi connectivity index (χ3n) is 2.13. The third kappa shape index (κ3) is 6.19. The Labute approximate surface area is 130 Å². The molecule has 0 spiro atoms. The van der Waals surface area contributed by atoms with Crippen molar-refractivity contribution in [3.63, 3.8) is 0 Å². The molecule has 0 aromatic heterocycles. The zero-order valence-electron chi connectivity index (χ0n) is 9.24. The molecule has 0 nitrogen and oxygen atoms in total. The number of fused-ring (bicyclic) bond motifs is 1. The molecular weight excluding hydrogens is 287 g/mol. The second-order valence-electron chi connectivity index (χ2n) is 3.16. The van der Waals surface area contributed by atoms with Crippen molar-refractivity contribution in [3.8, 4) is 0 Å². The summed E-state index contributed by atoms with van der Waals surface area (Å²) in [6.07, 6.45) is 10.0. The summed E-state index contributed by atoms with van der Waals surface area (Å²) in [4.78, 5) is 0. The zero-order valence-corrected chi connectivity index (χ0v) is 12.3. The van der Waals surface area contributed by atoms with Crippen molar-refractivity contribution in [1.82, 2.24) is 0 Å². The second kappa shape index (κ2) is 10.7. The molecule has 0 saturated carbocycles. The number of benzene rings is 1. The maximum atomic E-state index is 2.99. The van der Waals surface area contributed by atoms with Crippen LogP contribution in [0.5, 0.6) is 0 Å². The number of allylic oxidation sites excluding steroid dienone is 4. The minimum atomic E-state index is 0. The van der Waals surface area contributed by atoms with Gasteiger partial charge in [-0.2, -0.15) is 23.6 Å². The van der Waals surface area contributed by atoms with Crippen LogP contribution in [0.1, 0.15) is 6.42 Å². The summed E-state index contributed by atoms with van der Waals surface area (Å²) in [6.45, 7) is 0. The summed E-state index contributed by atoms with van der Waals surface area (Å²) in [7, 11) is 0. The molecule has 0 fully saturated rings. The van der Waals surface area contributed by atoms with E-state index in [2.05, 4.69) is 54.6 Å². The first-order valence-electron chi connectivity index (χ1n) is 4.79. The molecule has 0 saturated heterocycles. The van der Waals surface area contributed by atoms with Gasteiger partial charge in [0, 0.05) is 0 Å². The fourth-order valence-corrected chi connectivity index (χ4v) is 1.41. The van der Waals surface area contributed by atoms with Crippen LogP contribution in [0.3, 0.4) is 0 Å². The topological polar surface area (TPSA) is 0 Å². The first kappa shape index (κ1) is 19.0. The van der Waals surface area contributed by atoms with Gasteiger partial charge in [0.1, 0.15) is 0 Å². The molecule has 0 radical (unpaired) electrons. The predicted molar refractivity (Wildman–Crippen MR) is 61.1 cm³/mol. The fraction of sp³-hybridized carbons (Fsp3) is 0.0714. The molecule has 0 atom stereocenters. The molecule has 0 bridgehead atoms. The molecule has 1 aliphatic rings. The van der Waals surface area contributed by atoms with E-state index in [1.165, 1.54) is 10.8 Å². The van der Waals surface area contributed by atoms with Crippen molar-refractivity contribution >= 4 is 10.8 Å². The van der Waals surface area contributed by atoms with Gasteiger partial charge in [0.25, 0.3) is 0 Å². The Morgan fingerprint density at radius 2 is 1.82 bits per heavy atom. The molecule has 2 aromatic rings. The minimum absolute atomic E-state index is 0. The van der Waals surface area contributed by atoms with Crippen LogP contribution in [0.15, 0.2) is 60.7 Å². The van der Waals surface area contributed by atoms with Crippen LogP contribution in [-0.2, 0) is 21.7 Å². The van der Waals surface area contributed by atoms with E-state index in [0.717, 1.165) is 6.42 Å². The smallest absolute Gasteiger partial charge is 1.00 e. The Kier molecular flexibility index (Phi) is 12.0. The van der Waals surface area contributed by atoms with Gasteiger partial charge >= 0.3 is 21.7 Å². The molecule has 3 heteroatoms. The first-order valence-corrected chi connectivity index (χ1v) is 4.79. The molecule has 86 valence electrons. The van der Waals surface area contributed by atoms with Crippen molar-refractivity contribution in [2.75, 3.05) is 0 Å². The Morgan fingerprint density at radius 3 is 2.35 bits per heavy atom. The number of hydrogen-bond acceptors (Lipinski definition) is 0. The van der Waals surface area contributed by atoms with E-state index in [4.69, 9.17) is 0 Å². The molecule has 0 N–H and O–H groups in total. The van der Waals surface area contributed by atoms with Crippen LogP contribution in [0.2, 0.25) is 0 Å². The molecule has 0 aliphatic heterocycles. The molecule has 3 rings (SSSR count). The van der Waals surface area contributed by atoms with E-state index < -0.39 is 0 Å². The molecular formula is C14H12Cl2Ti. The second-order valence-corrected chi connectivity index (χ2v) is 3.16. The molecule has 2 aromatic carbocycles. The summed E-state index contributed by atoms with van der Waals surface area (Å²) in [5.74, 6) is 0. The quantitative estimate of drug-likeness (QED) is 0.385. The van der Waals surface area contributed by atoms with Gasteiger partial charge in [-0.25, -0.2) is 12.2 Å². The average Bonchev–Trinajstić information content (AvgIpc) is 2.92. The molecule has 0 unspecified atom stereocenters. The summed E-state index contributed by atoms with van der Waals surface area (Å²) < 4.78 is 0. The van der Waals surface area contributed by atoms with Gasteiger partial charge in [-0.15, -0.1) is 36.1 Å². The predicted octanol–water partition coefficient (Wildman–Crippen LogP) is -2.13. The van der Waals surface area contributed by atoms with Crippen molar-refractivity contribution in [2.24, 2.45) is 0 Å². The number of rotatable bonds is 0. The SMILES string of the molecule is [C-]1=CC=CC1.[Cl-].[Cl-].[Ti+4].c1ccc2[cH-]ccc2c1. The summed E-state index contributed by atoms with van der Waals surface area (Å²) in [6, 6.07) is 14.7. The van der Waals surface area contributed by atoms with Gasteiger partial charge < -0.3 is 24.8 Å².